The van der Waals surface area contributed by atoms with Crippen molar-refractivity contribution in [3.05, 3.63) is 59.0 Å². The molecule has 2 aromatic carbocycles. The Bertz CT molecular complexity index is 926. The third-order valence-electron chi connectivity index (χ3n) is 3.67. The number of pyridine rings is 1. The van der Waals surface area contributed by atoms with E-state index >= 15 is 0 Å². The molecule has 23 heavy (non-hydrogen) atoms. The van der Waals surface area contributed by atoms with Crippen LogP contribution in [-0.2, 0) is 0 Å². The molecule has 0 radical (unpaired) electrons. The lowest BCUT2D eigenvalue weighted by Crippen LogP contribution is -2.01. The van der Waals surface area contributed by atoms with Crippen LogP contribution >= 0.6 is 0 Å². The van der Waals surface area contributed by atoms with E-state index in [0.29, 0.717) is 17.0 Å². The first kappa shape index (κ1) is 15.1. The fourth-order valence-electron chi connectivity index (χ4n) is 2.27. The van der Waals surface area contributed by atoms with Crippen LogP contribution in [0.2, 0.25) is 0 Å². The maximum atomic E-state index is 13.9. The number of halogens is 3. The highest BCUT2D eigenvalue weighted by molar-refractivity contribution is 5.86. The Kier molecular flexibility index (Phi) is 3.60. The number of benzene rings is 2. The first-order valence-electron chi connectivity index (χ1n) is 6.85. The van der Waals surface area contributed by atoms with Crippen molar-refractivity contribution in [2.24, 2.45) is 0 Å². The van der Waals surface area contributed by atoms with Gasteiger partial charge >= 0.3 is 0 Å². The third-order valence-corrected chi connectivity index (χ3v) is 3.67. The van der Waals surface area contributed by atoms with Gasteiger partial charge in [-0.05, 0) is 43.2 Å². The quantitative estimate of drug-likeness (QED) is 0.553. The molecule has 2 N–H and O–H groups in total. The van der Waals surface area contributed by atoms with Gasteiger partial charge in [0.2, 0.25) is 11.6 Å². The molecule has 1 aromatic heterocycles. The number of nitrogens with zero attached hydrogens (tertiary/aromatic N) is 1. The van der Waals surface area contributed by atoms with Gasteiger partial charge in [0.15, 0.2) is 11.6 Å². The van der Waals surface area contributed by atoms with Crippen LogP contribution < -0.4 is 10.5 Å². The van der Waals surface area contributed by atoms with E-state index in [1.54, 1.807) is 6.07 Å². The van der Waals surface area contributed by atoms with Crippen LogP contribution in [0.15, 0.2) is 30.5 Å². The van der Waals surface area contributed by atoms with E-state index < -0.39 is 28.9 Å². The number of ether oxygens (including phenoxy) is 1. The molecule has 0 aliphatic rings. The predicted molar refractivity (Wildman–Crippen MR) is 82.0 cm³/mol. The molecular formula is C17H13F3N2O. The minimum absolute atomic E-state index is 0.181. The van der Waals surface area contributed by atoms with Gasteiger partial charge in [-0.3, -0.25) is 4.98 Å². The van der Waals surface area contributed by atoms with Gasteiger partial charge in [-0.25, -0.2) is 8.78 Å². The number of nitrogen functional groups attached to an aromatic ring is 1. The summed E-state index contributed by atoms with van der Waals surface area (Å²) in [5.41, 5.74) is 7.19. The van der Waals surface area contributed by atoms with Crippen LogP contribution in [0.4, 0.5) is 18.9 Å². The average molecular weight is 318 g/mol. The minimum Gasteiger partial charge on any atom is -0.450 e. The summed E-state index contributed by atoms with van der Waals surface area (Å²) >= 11 is 0. The second-order valence-electron chi connectivity index (χ2n) is 5.27. The summed E-state index contributed by atoms with van der Waals surface area (Å²) in [6.07, 6.45) is 1.45. The number of aryl methyl sites for hydroxylation is 2. The number of nitrogens with two attached hydrogens (primary N) is 1. The number of hydrogen-bond acceptors (Lipinski definition) is 3. The lowest BCUT2D eigenvalue weighted by atomic mass is 10.1. The monoisotopic (exact) mass is 318 g/mol. The van der Waals surface area contributed by atoms with E-state index in [2.05, 4.69) is 4.98 Å². The van der Waals surface area contributed by atoms with E-state index in [-0.39, 0.29) is 5.75 Å². The summed E-state index contributed by atoms with van der Waals surface area (Å²) in [7, 11) is 0. The Morgan fingerprint density at radius 3 is 2.43 bits per heavy atom. The van der Waals surface area contributed by atoms with Gasteiger partial charge in [0.1, 0.15) is 5.75 Å². The first-order valence-corrected chi connectivity index (χ1v) is 6.85. The summed E-state index contributed by atoms with van der Waals surface area (Å²) in [5.74, 6) is -4.53. The molecule has 0 saturated carbocycles. The van der Waals surface area contributed by atoms with Crippen LogP contribution in [0.5, 0.6) is 11.5 Å². The number of rotatable bonds is 2. The van der Waals surface area contributed by atoms with Crippen LogP contribution in [0, 0.1) is 31.3 Å². The van der Waals surface area contributed by atoms with Gasteiger partial charge in [0.25, 0.3) is 0 Å². The van der Waals surface area contributed by atoms with Gasteiger partial charge in [-0.1, -0.05) is 0 Å². The number of anilines is 1. The van der Waals surface area contributed by atoms with Crippen LogP contribution in [-0.4, -0.2) is 4.98 Å². The van der Waals surface area contributed by atoms with E-state index in [9.17, 15) is 13.2 Å². The molecule has 0 fully saturated rings. The van der Waals surface area contributed by atoms with E-state index in [1.807, 2.05) is 19.9 Å². The second-order valence-corrected chi connectivity index (χ2v) is 5.27. The topological polar surface area (TPSA) is 48.1 Å². The maximum absolute atomic E-state index is 13.9. The second kappa shape index (κ2) is 5.46. The van der Waals surface area contributed by atoms with E-state index in [0.717, 1.165) is 11.1 Å². The Morgan fingerprint density at radius 1 is 1.00 bits per heavy atom. The van der Waals surface area contributed by atoms with Crippen molar-refractivity contribution in [2.75, 3.05) is 5.73 Å². The number of aromatic nitrogens is 1. The zero-order valence-corrected chi connectivity index (χ0v) is 12.5. The van der Waals surface area contributed by atoms with Crippen LogP contribution in [0.1, 0.15) is 11.1 Å². The van der Waals surface area contributed by atoms with Crippen molar-refractivity contribution >= 4 is 16.6 Å². The van der Waals surface area contributed by atoms with Crippen molar-refractivity contribution in [1.29, 1.82) is 0 Å². The normalized spacial score (nSPS) is 11.0. The summed E-state index contributed by atoms with van der Waals surface area (Å²) < 4.78 is 46.7. The minimum atomic E-state index is -1.46. The Labute approximate surface area is 130 Å². The molecule has 118 valence electrons. The van der Waals surface area contributed by atoms with Crippen molar-refractivity contribution in [2.45, 2.75) is 13.8 Å². The SMILES string of the molecule is Cc1cc2nccc(Oc3c(F)cc(N)c(F)c3F)c2cc1C. The van der Waals surface area contributed by atoms with Gasteiger partial charge < -0.3 is 10.5 Å². The highest BCUT2D eigenvalue weighted by Gasteiger charge is 2.20. The molecule has 3 aromatic rings. The molecule has 0 atom stereocenters. The Morgan fingerprint density at radius 2 is 1.70 bits per heavy atom. The molecule has 0 spiro atoms. The summed E-state index contributed by atoms with van der Waals surface area (Å²) in [6, 6.07) is 5.79. The molecule has 0 unspecified atom stereocenters. The molecule has 0 aliphatic carbocycles. The van der Waals surface area contributed by atoms with Crippen molar-refractivity contribution < 1.29 is 17.9 Å². The van der Waals surface area contributed by atoms with E-state index in [1.165, 1.54) is 12.3 Å². The largest absolute Gasteiger partial charge is 0.450 e. The standard InChI is InChI=1S/C17H13F3N2O/c1-8-5-10-13(6-9(8)2)22-4-3-14(10)23-17-11(18)7-12(21)15(19)16(17)20/h3-7H,21H2,1-2H3. The van der Waals surface area contributed by atoms with E-state index in [4.69, 9.17) is 10.5 Å². The van der Waals surface area contributed by atoms with Gasteiger partial charge in [0.05, 0.1) is 11.2 Å². The van der Waals surface area contributed by atoms with Gasteiger partial charge in [-0.2, -0.15) is 4.39 Å². The van der Waals surface area contributed by atoms with Gasteiger partial charge in [0, 0.05) is 17.6 Å². The molecule has 0 amide bonds. The summed E-state index contributed by atoms with van der Waals surface area (Å²) in [5, 5.41) is 0.576. The fraction of sp³-hybridized carbons (Fsp3) is 0.118. The summed E-state index contributed by atoms with van der Waals surface area (Å²) in [6.45, 7) is 3.83. The molecule has 0 saturated heterocycles. The zero-order valence-electron chi connectivity index (χ0n) is 12.5. The smallest absolute Gasteiger partial charge is 0.206 e. The maximum Gasteiger partial charge on any atom is 0.206 e. The molecule has 3 rings (SSSR count). The third kappa shape index (κ3) is 2.56. The first-order chi connectivity index (χ1) is 10.9. The van der Waals surface area contributed by atoms with Crippen molar-refractivity contribution in [1.82, 2.24) is 4.98 Å². The molecule has 0 bridgehead atoms. The Balaban J connectivity index is 2.17. The number of fused-ring (bicyclic) bond motifs is 1. The fourth-order valence-corrected chi connectivity index (χ4v) is 2.27. The molecule has 6 heteroatoms. The molecule has 3 nitrogen and oxygen atoms in total. The molecule has 0 aliphatic heterocycles. The average Bonchev–Trinajstić information content (AvgIpc) is 2.51. The van der Waals surface area contributed by atoms with Gasteiger partial charge in [-0.15, -0.1) is 0 Å². The molecular weight excluding hydrogens is 305 g/mol. The lowest BCUT2D eigenvalue weighted by Gasteiger charge is -2.12. The lowest BCUT2D eigenvalue weighted by molar-refractivity contribution is 0.390. The highest BCUT2D eigenvalue weighted by Crippen LogP contribution is 2.35. The van der Waals surface area contributed by atoms with Crippen molar-refractivity contribution in [3.63, 3.8) is 0 Å². The predicted octanol–water partition coefficient (Wildman–Crippen LogP) is 4.64. The number of hydrogen-bond donors (Lipinski definition) is 1. The molecule has 1 heterocycles. The highest BCUT2D eigenvalue weighted by atomic mass is 19.2. The zero-order chi connectivity index (χ0) is 16.7. The summed E-state index contributed by atoms with van der Waals surface area (Å²) in [4.78, 5) is 4.20. The van der Waals surface area contributed by atoms with Crippen molar-refractivity contribution in [3.8, 4) is 11.5 Å². The Hall–Kier alpha value is -2.76. The van der Waals surface area contributed by atoms with Crippen LogP contribution in [0.3, 0.4) is 0 Å². The van der Waals surface area contributed by atoms with Crippen LogP contribution in [0.25, 0.3) is 10.9 Å².